The van der Waals surface area contributed by atoms with Gasteiger partial charge in [0.2, 0.25) is 0 Å². The van der Waals surface area contributed by atoms with Crippen molar-refractivity contribution in [3.8, 4) is 11.1 Å². The molecule has 1 N–H and O–H groups in total. The van der Waals surface area contributed by atoms with Crippen LogP contribution in [0, 0.1) is 5.92 Å². The van der Waals surface area contributed by atoms with Gasteiger partial charge >= 0.3 is 12.1 Å². The normalized spacial score (nSPS) is 24.8. The predicted octanol–water partition coefficient (Wildman–Crippen LogP) is 5.04. The summed E-state index contributed by atoms with van der Waals surface area (Å²) >= 11 is 0. The number of benzene rings is 2. The highest BCUT2D eigenvalue weighted by Gasteiger charge is 2.42. The smallest absolute Gasteiger partial charge is 0.410 e. The van der Waals surface area contributed by atoms with Crippen molar-refractivity contribution in [1.29, 1.82) is 0 Å². The molecule has 2 bridgehead atoms. The Morgan fingerprint density at radius 2 is 1.50 bits per heavy atom. The van der Waals surface area contributed by atoms with Gasteiger partial charge in [-0.1, -0.05) is 48.5 Å². The summed E-state index contributed by atoms with van der Waals surface area (Å²) in [7, 11) is 0. The van der Waals surface area contributed by atoms with Gasteiger partial charge in [0.05, 0.1) is 0 Å². The lowest BCUT2D eigenvalue weighted by Crippen LogP contribution is -2.55. The van der Waals surface area contributed by atoms with Crippen molar-refractivity contribution in [2.45, 2.75) is 56.5 Å². The van der Waals surface area contributed by atoms with Crippen LogP contribution in [0.2, 0.25) is 0 Å². The molecule has 2 unspecified atom stereocenters. The van der Waals surface area contributed by atoms with E-state index in [4.69, 9.17) is 9.84 Å². The molecule has 2 atom stereocenters. The molecule has 5 nitrogen and oxygen atoms in total. The third kappa shape index (κ3) is 3.36. The van der Waals surface area contributed by atoms with Crippen molar-refractivity contribution in [2.75, 3.05) is 6.61 Å². The first kappa shape index (κ1) is 19.2. The Labute approximate surface area is 176 Å². The summed E-state index contributed by atoms with van der Waals surface area (Å²) in [6.07, 6.45) is 4.49. The minimum atomic E-state index is -0.743. The van der Waals surface area contributed by atoms with E-state index in [9.17, 15) is 9.59 Å². The van der Waals surface area contributed by atoms with E-state index in [2.05, 4.69) is 24.3 Å². The number of carbonyl (C=O) groups is 2. The van der Waals surface area contributed by atoms with Gasteiger partial charge in [-0.25, -0.2) is 4.79 Å². The lowest BCUT2D eigenvalue weighted by Gasteiger charge is -2.48. The van der Waals surface area contributed by atoms with Crippen molar-refractivity contribution in [3.63, 3.8) is 0 Å². The average molecular weight is 405 g/mol. The minimum Gasteiger partial charge on any atom is -0.481 e. The van der Waals surface area contributed by atoms with Crippen LogP contribution in [0.5, 0.6) is 0 Å². The zero-order valence-electron chi connectivity index (χ0n) is 17.0. The second-order valence-electron chi connectivity index (χ2n) is 8.89. The van der Waals surface area contributed by atoms with Crippen LogP contribution in [0.25, 0.3) is 11.1 Å². The van der Waals surface area contributed by atoms with Crippen molar-refractivity contribution >= 4 is 12.1 Å². The fraction of sp³-hybridized carbons (Fsp3) is 0.440. The van der Waals surface area contributed by atoms with E-state index in [0.29, 0.717) is 6.61 Å². The molecule has 0 saturated carbocycles. The van der Waals surface area contributed by atoms with Gasteiger partial charge in [0.15, 0.2) is 0 Å². The zero-order chi connectivity index (χ0) is 20.7. The second kappa shape index (κ2) is 7.78. The van der Waals surface area contributed by atoms with Crippen molar-refractivity contribution in [1.82, 2.24) is 4.90 Å². The van der Waals surface area contributed by atoms with Gasteiger partial charge in [0.1, 0.15) is 6.61 Å². The quantitative estimate of drug-likeness (QED) is 0.774. The minimum absolute atomic E-state index is 0.0609. The standard InChI is InChI=1S/C25H27NO4/c27-24(28)14-16-12-17-6-5-7-18(13-16)26(17)25(29)30-15-23-21-10-3-1-8-19(21)20-9-2-4-11-22(20)23/h1-4,8-11,16-18,23H,5-7,12-15H2,(H,27,28). The number of carbonyl (C=O) groups excluding carboxylic acids is 1. The highest BCUT2D eigenvalue weighted by Crippen LogP contribution is 2.45. The summed E-state index contributed by atoms with van der Waals surface area (Å²) < 4.78 is 5.90. The third-order valence-electron chi connectivity index (χ3n) is 7.08. The van der Waals surface area contributed by atoms with Gasteiger partial charge < -0.3 is 14.7 Å². The lowest BCUT2D eigenvalue weighted by atomic mass is 9.77. The number of hydrogen-bond donors (Lipinski definition) is 1. The number of amides is 1. The molecule has 30 heavy (non-hydrogen) atoms. The molecule has 1 amide bonds. The van der Waals surface area contributed by atoms with Crippen LogP contribution < -0.4 is 0 Å². The summed E-state index contributed by atoms with van der Waals surface area (Å²) in [5, 5.41) is 9.16. The number of rotatable bonds is 4. The van der Waals surface area contributed by atoms with Crippen LogP contribution in [0.3, 0.4) is 0 Å². The molecule has 2 saturated heterocycles. The number of aliphatic carboxylic acids is 1. The topological polar surface area (TPSA) is 66.8 Å². The molecular formula is C25H27NO4. The predicted molar refractivity (Wildman–Crippen MR) is 113 cm³/mol. The summed E-state index contributed by atoms with van der Waals surface area (Å²) in [6, 6.07) is 16.9. The van der Waals surface area contributed by atoms with E-state index < -0.39 is 5.97 Å². The van der Waals surface area contributed by atoms with Gasteiger partial charge in [0.25, 0.3) is 0 Å². The van der Waals surface area contributed by atoms with Crippen molar-refractivity contribution in [2.24, 2.45) is 5.92 Å². The number of piperidine rings is 2. The maximum atomic E-state index is 13.1. The Bertz CT molecular complexity index is 912. The first-order chi connectivity index (χ1) is 14.6. The van der Waals surface area contributed by atoms with Gasteiger partial charge in [0, 0.05) is 24.4 Å². The Morgan fingerprint density at radius 3 is 2.07 bits per heavy atom. The number of fused-ring (bicyclic) bond motifs is 5. The number of nitrogens with zero attached hydrogens (tertiary/aromatic N) is 1. The van der Waals surface area contributed by atoms with Crippen molar-refractivity contribution in [3.05, 3.63) is 59.7 Å². The Kier molecular flexibility index (Phi) is 4.97. The fourth-order valence-electron chi connectivity index (χ4n) is 5.87. The molecule has 5 heteroatoms. The molecule has 2 aromatic rings. The molecular weight excluding hydrogens is 378 g/mol. The SMILES string of the molecule is O=C(O)CC1CC2CCCC(C1)N2C(=O)OCC1c2ccccc2-c2ccccc21. The van der Waals surface area contributed by atoms with Crippen LogP contribution in [-0.2, 0) is 9.53 Å². The number of hydrogen-bond acceptors (Lipinski definition) is 3. The molecule has 2 aliphatic heterocycles. The highest BCUT2D eigenvalue weighted by molar-refractivity contribution is 5.79. The first-order valence-corrected chi connectivity index (χ1v) is 11.0. The molecule has 2 aromatic carbocycles. The van der Waals surface area contributed by atoms with E-state index in [1.807, 2.05) is 29.2 Å². The van der Waals surface area contributed by atoms with E-state index in [-0.39, 0.29) is 36.4 Å². The average Bonchev–Trinajstić information content (AvgIpc) is 3.05. The highest BCUT2D eigenvalue weighted by atomic mass is 16.6. The maximum Gasteiger partial charge on any atom is 0.410 e. The van der Waals surface area contributed by atoms with Crippen LogP contribution in [-0.4, -0.2) is 40.8 Å². The van der Waals surface area contributed by atoms with E-state index in [0.717, 1.165) is 32.1 Å². The molecule has 5 rings (SSSR count). The second-order valence-corrected chi connectivity index (χ2v) is 8.89. The molecule has 1 aliphatic carbocycles. The monoisotopic (exact) mass is 405 g/mol. The molecule has 2 heterocycles. The molecule has 0 radical (unpaired) electrons. The Balaban J connectivity index is 1.30. The third-order valence-corrected chi connectivity index (χ3v) is 7.08. The summed E-state index contributed by atoms with van der Waals surface area (Å²) in [5.74, 6) is -0.520. The number of ether oxygens (including phenoxy) is 1. The van der Waals surface area contributed by atoms with Gasteiger partial charge in [-0.3, -0.25) is 4.79 Å². The Hall–Kier alpha value is -2.82. The number of carboxylic acids is 1. The van der Waals surface area contributed by atoms with E-state index in [1.165, 1.54) is 22.3 Å². The fourth-order valence-corrected chi connectivity index (χ4v) is 5.87. The Morgan fingerprint density at radius 1 is 0.933 bits per heavy atom. The maximum absolute atomic E-state index is 13.1. The summed E-state index contributed by atoms with van der Waals surface area (Å²) in [6.45, 7) is 0.335. The van der Waals surface area contributed by atoms with E-state index >= 15 is 0 Å². The molecule has 2 fully saturated rings. The largest absolute Gasteiger partial charge is 0.481 e. The lowest BCUT2D eigenvalue weighted by molar-refractivity contribution is -0.139. The molecule has 0 spiro atoms. The summed E-state index contributed by atoms with van der Waals surface area (Å²) in [5.41, 5.74) is 4.87. The molecule has 156 valence electrons. The van der Waals surface area contributed by atoms with E-state index in [1.54, 1.807) is 0 Å². The number of carboxylic acid groups (broad SMARTS) is 1. The molecule has 0 aromatic heterocycles. The summed E-state index contributed by atoms with van der Waals surface area (Å²) in [4.78, 5) is 26.2. The van der Waals surface area contributed by atoms with Gasteiger partial charge in [-0.15, -0.1) is 0 Å². The van der Waals surface area contributed by atoms with Crippen LogP contribution in [0.4, 0.5) is 4.79 Å². The van der Waals surface area contributed by atoms with Gasteiger partial charge in [-0.2, -0.15) is 0 Å². The molecule has 3 aliphatic rings. The zero-order valence-corrected chi connectivity index (χ0v) is 17.0. The van der Waals surface area contributed by atoms with Crippen LogP contribution in [0.15, 0.2) is 48.5 Å². The van der Waals surface area contributed by atoms with Crippen molar-refractivity contribution < 1.29 is 19.4 Å². The first-order valence-electron chi connectivity index (χ1n) is 11.0. The van der Waals surface area contributed by atoms with Crippen LogP contribution >= 0.6 is 0 Å². The van der Waals surface area contributed by atoms with Gasteiger partial charge in [-0.05, 0) is 60.3 Å². The van der Waals surface area contributed by atoms with Crippen LogP contribution in [0.1, 0.15) is 55.6 Å².